The van der Waals surface area contributed by atoms with Gasteiger partial charge in [-0.25, -0.2) is 4.90 Å². The molecule has 2 aliphatic heterocycles. The van der Waals surface area contributed by atoms with Crippen LogP contribution in [-0.2, 0) is 9.59 Å². The average molecular weight is 342 g/mol. The van der Waals surface area contributed by atoms with Gasteiger partial charge in [-0.3, -0.25) is 9.59 Å². The van der Waals surface area contributed by atoms with E-state index in [-0.39, 0.29) is 24.3 Å². The second kappa shape index (κ2) is 6.19. The van der Waals surface area contributed by atoms with Crippen LogP contribution in [0.4, 0.5) is 5.69 Å². The van der Waals surface area contributed by atoms with Gasteiger partial charge in [-0.05, 0) is 37.0 Å². The molecule has 1 aromatic rings. The van der Waals surface area contributed by atoms with E-state index in [1.807, 2.05) is 0 Å². The van der Waals surface area contributed by atoms with Crippen LogP contribution in [-0.4, -0.2) is 30.9 Å². The van der Waals surface area contributed by atoms with Gasteiger partial charge >= 0.3 is 0 Å². The summed E-state index contributed by atoms with van der Waals surface area (Å²) < 4.78 is 0. The first kappa shape index (κ1) is 15.8. The number of hydrogen-bond donors (Lipinski definition) is 1. The molecule has 1 N–H and O–H groups in total. The average Bonchev–Trinajstić information content (AvgIpc) is 2.78. The van der Waals surface area contributed by atoms with Gasteiger partial charge in [0, 0.05) is 0 Å². The Bertz CT molecular complexity index is 612. The van der Waals surface area contributed by atoms with Gasteiger partial charge in [-0.15, -0.1) is 0 Å². The van der Waals surface area contributed by atoms with Crippen LogP contribution in [0, 0.1) is 5.92 Å². The van der Waals surface area contributed by atoms with Crippen molar-refractivity contribution in [1.82, 2.24) is 0 Å². The molecular formula is C16H19Cl2N2O2+. The molecule has 22 heavy (non-hydrogen) atoms. The molecule has 0 spiro atoms. The Morgan fingerprint density at radius 3 is 2.45 bits per heavy atom. The predicted molar refractivity (Wildman–Crippen MR) is 86.5 cm³/mol. The molecule has 6 heteroatoms. The number of rotatable bonds is 2. The molecule has 2 amide bonds. The van der Waals surface area contributed by atoms with Gasteiger partial charge in [-0.2, -0.15) is 0 Å². The molecule has 1 atom stereocenters. The lowest BCUT2D eigenvalue weighted by molar-refractivity contribution is -0.920. The molecule has 0 aromatic heterocycles. The van der Waals surface area contributed by atoms with Crippen molar-refractivity contribution in [2.45, 2.75) is 32.2 Å². The van der Waals surface area contributed by atoms with Crippen molar-refractivity contribution in [2.24, 2.45) is 5.92 Å². The van der Waals surface area contributed by atoms with Crippen molar-refractivity contribution in [1.29, 1.82) is 0 Å². The first-order valence-electron chi connectivity index (χ1n) is 7.64. The van der Waals surface area contributed by atoms with Crippen LogP contribution in [0.25, 0.3) is 0 Å². The van der Waals surface area contributed by atoms with E-state index in [1.54, 1.807) is 18.2 Å². The van der Waals surface area contributed by atoms with Crippen LogP contribution in [0.1, 0.15) is 26.2 Å². The largest absolute Gasteiger partial charge is 0.324 e. The third-order valence-electron chi connectivity index (χ3n) is 4.72. The van der Waals surface area contributed by atoms with E-state index < -0.39 is 0 Å². The second-order valence-electron chi connectivity index (χ2n) is 6.26. The summed E-state index contributed by atoms with van der Waals surface area (Å²) >= 11 is 11.9. The number of amides is 2. The maximum Gasteiger partial charge on any atom is 0.292 e. The molecule has 0 radical (unpaired) electrons. The highest BCUT2D eigenvalue weighted by atomic mass is 35.5. The van der Waals surface area contributed by atoms with Crippen LogP contribution in [0.15, 0.2) is 18.2 Å². The summed E-state index contributed by atoms with van der Waals surface area (Å²) in [7, 11) is 0. The Morgan fingerprint density at radius 1 is 1.14 bits per heavy atom. The van der Waals surface area contributed by atoms with Crippen molar-refractivity contribution in [3.8, 4) is 0 Å². The topological polar surface area (TPSA) is 41.8 Å². The lowest BCUT2D eigenvalue weighted by Crippen LogP contribution is -3.17. The van der Waals surface area contributed by atoms with Crippen LogP contribution >= 0.6 is 23.2 Å². The zero-order valence-electron chi connectivity index (χ0n) is 12.4. The molecule has 2 saturated heterocycles. The van der Waals surface area contributed by atoms with E-state index in [0.717, 1.165) is 25.9 Å². The minimum Gasteiger partial charge on any atom is -0.324 e. The number of carbonyl (C=O) groups is 2. The van der Waals surface area contributed by atoms with Crippen molar-refractivity contribution < 1.29 is 14.5 Å². The van der Waals surface area contributed by atoms with Crippen molar-refractivity contribution in [3.05, 3.63) is 28.2 Å². The Kier molecular flexibility index (Phi) is 4.44. The Hall–Kier alpha value is -1.10. The molecular weight excluding hydrogens is 323 g/mol. The summed E-state index contributed by atoms with van der Waals surface area (Å²) in [5.41, 5.74) is 0.511. The molecule has 0 aliphatic carbocycles. The molecule has 0 unspecified atom stereocenters. The maximum absolute atomic E-state index is 12.7. The second-order valence-corrected chi connectivity index (χ2v) is 7.08. The molecule has 3 rings (SSSR count). The molecule has 118 valence electrons. The number of halogens is 2. The zero-order valence-corrected chi connectivity index (χ0v) is 14.0. The van der Waals surface area contributed by atoms with E-state index >= 15 is 0 Å². The molecule has 0 bridgehead atoms. The number of quaternary nitrogens is 1. The summed E-state index contributed by atoms with van der Waals surface area (Å²) in [6, 6.07) is 4.60. The Labute approximate surface area is 140 Å². The molecule has 0 saturated carbocycles. The summed E-state index contributed by atoms with van der Waals surface area (Å²) in [5.74, 6) is 0.439. The van der Waals surface area contributed by atoms with E-state index in [9.17, 15) is 9.59 Å². The third-order valence-corrected chi connectivity index (χ3v) is 5.46. The number of carbonyl (C=O) groups excluding carboxylic acids is 2. The van der Waals surface area contributed by atoms with Gasteiger partial charge in [-0.1, -0.05) is 30.1 Å². The van der Waals surface area contributed by atoms with Crippen molar-refractivity contribution in [3.63, 3.8) is 0 Å². The Balaban J connectivity index is 1.80. The highest BCUT2D eigenvalue weighted by Crippen LogP contribution is 2.29. The standard InChI is InChI=1S/C16H18Cl2N2O2/c1-10-4-6-19(7-5-10)14-9-15(21)20(16(14)22)11-2-3-12(17)13(18)8-11/h2-3,8,10,14H,4-7,9H2,1H3/p+1/t14-/m0/s1. The number of likely N-dealkylation sites (tertiary alicyclic amines) is 1. The number of nitrogens with zero attached hydrogens (tertiary/aromatic N) is 1. The SMILES string of the molecule is CC1CC[NH+]([C@H]2CC(=O)N(c3ccc(Cl)c(Cl)c3)C2=O)CC1. The van der Waals surface area contributed by atoms with E-state index in [2.05, 4.69) is 6.92 Å². The summed E-state index contributed by atoms with van der Waals surface area (Å²) in [6.45, 7) is 4.15. The predicted octanol–water partition coefficient (Wildman–Crippen LogP) is 1.94. The number of imide groups is 1. The lowest BCUT2D eigenvalue weighted by Gasteiger charge is -2.30. The van der Waals surface area contributed by atoms with E-state index in [0.29, 0.717) is 21.7 Å². The van der Waals surface area contributed by atoms with Crippen LogP contribution < -0.4 is 9.80 Å². The number of piperidine rings is 1. The molecule has 1 aromatic carbocycles. The molecule has 2 aliphatic rings. The normalized spacial score (nSPS) is 29.2. The smallest absolute Gasteiger partial charge is 0.292 e. The Morgan fingerprint density at radius 2 is 1.82 bits per heavy atom. The van der Waals surface area contributed by atoms with Gasteiger partial charge in [0.25, 0.3) is 5.91 Å². The van der Waals surface area contributed by atoms with E-state index in [1.165, 1.54) is 9.80 Å². The maximum atomic E-state index is 12.7. The first-order valence-corrected chi connectivity index (χ1v) is 8.39. The summed E-state index contributed by atoms with van der Waals surface area (Å²) in [5, 5.41) is 0.763. The highest BCUT2D eigenvalue weighted by Gasteiger charge is 2.46. The van der Waals surface area contributed by atoms with Crippen LogP contribution in [0.2, 0.25) is 10.0 Å². The number of benzene rings is 1. The highest BCUT2D eigenvalue weighted by molar-refractivity contribution is 6.42. The van der Waals surface area contributed by atoms with Crippen LogP contribution in [0.5, 0.6) is 0 Å². The van der Waals surface area contributed by atoms with E-state index in [4.69, 9.17) is 23.2 Å². The number of anilines is 1. The quantitative estimate of drug-likeness (QED) is 0.835. The van der Waals surface area contributed by atoms with Crippen molar-refractivity contribution in [2.75, 3.05) is 18.0 Å². The van der Waals surface area contributed by atoms with Gasteiger partial charge < -0.3 is 4.90 Å². The minimum atomic E-state index is -0.255. The molecule has 2 fully saturated rings. The van der Waals surface area contributed by atoms with Crippen molar-refractivity contribution >= 4 is 40.7 Å². The number of hydrogen-bond acceptors (Lipinski definition) is 2. The fourth-order valence-corrected chi connectivity index (χ4v) is 3.62. The number of nitrogens with one attached hydrogen (secondary N) is 1. The summed E-state index contributed by atoms with van der Waals surface area (Å²) in [6.07, 6.45) is 2.50. The lowest BCUT2D eigenvalue weighted by atomic mass is 9.97. The molecule has 2 heterocycles. The van der Waals surface area contributed by atoms with Crippen LogP contribution in [0.3, 0.4) is 0 Å². The molecule has 4 nitrogen and oxygen atoms in total. The zero-order chi connectivity index (χ0) is 15.9. The fraction of sp³-hybridized carbons (Fsp3) is 0.500. The minimum absolute atomic E-state index is 0.118. The fourth-order valence-electron chi connectivity index (χ4n) is 3.33. The van der Waals surface area contributed by atoms with Gasteiger partial charge in [0.2, 0.25) is 5.91 Å². The van der Waals surface area contributed by atoms with Gasteiger partial charge in [0.05, 0.1) is 35.2 Å². The third kappa shape index (κ3) is 2.87. The van der Waals surface area contributed by atoms with Gasteiger partial charge in [0.15, 0.2) is 6.04 Å². The first-order chi connectivity index (χ1) is 10.5. The monoisotopic (exact) mass is 341 g/mol. The summed E-state index contributed by atoms with van der Waals surface area (Å²) in [4.78, 5) is 27.5. The van der Waals surface area contributed by atoms with Gasteiger partial charge in [0.1, 0.15) is 0 Å².